The van der Waals surface area contributed by atoms with Crippen molar-refractivity contribution >= 4 is 49.9 Å². The number of hydrogen-bond acceptors (Lipinski definition) is 10. The zero-order valence-corrected chi connectivity index (χ0v) is 20.0. The number of nitrogens with one attached hydrogen (secondary N) is 2. The molecule has 0 bridgehead atoms. The summed E-state index contributed by atoms with van der Waals surface area (Å²) >= 11 is 1.12. The van der Waals surface area contributed by atoms with Crippen LogP contribution < -0.4 is 15.0 Å². The molecule has 2 amide bonds. The van der Waals surface area contributed by atoms with E-state index in [9.17, 15) is 4.79 Å². The van der Waals surface area contributed by atoms with E-state index in [0.29, 0.717) is 23.0 Å². The molecule has 16 heteroatoms. The summed E-state index contributed by atoms with van der Waals surface area (Å²) in [6.45, 7) is 1.53. The lowest BCUT2D eigenvalue weighted by atomic mass is 10.0. The molecule has 1 aliphatic heterocycles. The first-order valence-electron chi connectivity index (χ1n) is 10.3. The van der Waals surface area contributed by atoms with Crippen molar-refractivity contribution in [3.05, 3.63) is 18.6 Å². The number of H-pyrrole nitrogens is 1. The van der Waals surface area contributed by atoms with Crippen LogP contribution in [0.3, 0.4) is 0 Å². The zero-order chi connectivity index (χ0) is 24.5. The number of ether oxygens (including phenoxy) is 1. The first-order valence-corrected chi connectivity index (χ1v) is 12.4. The number of aromatic amines is 1. The number of nitrogens with zero attached hydrogens (tertiary/aromatic N) is 6. The predicted octanol–water partition coefficient (Wildman–Crippen LogP) is 1.54. The summed E-state index contributed by atoms with van der Waals surface area (Å²) < 4.78 is 40.6. The lowest BCUT2D eigenvalue weighted by Crippen LogP contribution is -2.36. The topological polar surface area (TPSA) is 187 Å². The number of carbonyl (C=O) groups excluding carboxylic acids is 1. The molecule has 184 valence electrons. The number of aromatic nitrogens is 5. The van der Waals surface area contributed by atoms with Crippen LogP contribution >= 0.6 is 11.5 Å². The number of likely N-dealkylation sites (tertiary alicyclic amines) is 1. The molecule has 5 rings (SSSR count). The quantitative estimate of drug-likeness (QED) is 0.371. The van der Waals surface area contributed by atoms with Gasteiger partial charge < -0.3 is 19.5 Å². The number of carbonyl (C=O) groups is 1. The molecule has 2 aliphatic rings. The van der Waals surface area contributed by atoms with Gasteiger partial charge in [-0.2, -0.15) is 13.4 Å². The number of methoxy groups -OCH3 is 1. The monoisotopic (exact) mass is 512 g/mol. The van der Waals surface area contributed by atoms with E-state index in [1.807, 2.05) is 17.2 Å². The molecule has 0 radical (unpaired) electrons. The summed E-state index contributed by atoms with van der Waals surface area (Å²) in [5.74, 6) is 1.96. The second-order valence-electron chi connectivity index (χ2n) is 8.06. The van der Waals surface area contributed by atoms with E-state index in [-0.39, 0.29) is 12.0 Å². The molecule has 0 aromatic carbocycles. The molecule has 1 aliphatic carbocycles. The molecule has 3 aromatic heterocycles. The number of anilines is 2. The van der Waals surface area contributed by atoms with Crippen LogP contribution in [0.1, 0.15) is 12.8 Å². The van der Waals surface area contributed by atoms with Crippen LogP contribution in [0.25, 0.3) is 11.0 Å². The van der Waals surface area contributed by atoms with E-state index in [2.05, 4.69) is 41.6 Å². The highest BCUT2D eigenvalue weighted by molar-refractivity contribution is 7.79. The third-order valence-corrected chi connectivity index (χ3v) is 6.65. The van der Waals surface area contributed by atoms with E-state index < -0.39 is 10.4 Å². The van der Waals surface area contributed by atoms with Gasteiger partial charge in [-0.25, -0.2) is 14.8 Å². The summed E-state index contributed by atoms with van der Waals surface area (Å²) in [6.07, 6.45) is 5.60. The van der Waals surface area contributed by atoms with Gasteiger partial charge in [-0.3, -0.25) is 14.4 Å². The molecule has 0 spiro atoms. The van der Waals surface area contributed by atoms with Gasteiger partial charge in [0.25, 0.3) is 0 Å². The summed E-state index contributed by atoms with van der Waals surface area (Å²) in [6, 6.07) is 2.59. The Balaban J connectivity index is 0.000000499. The normalized spacial score (nSPS) is 21.6. The minimum absolute atomic E-state index is 0.118. The van der Waals surface area contributed by atoms with Crippen molar-refractivity contribution in [3.63, 3.8) is 0 Å². The third kappa shape index (κ3) is 5.52. The maximum absolute atomic E-state index is 12.6. The fourth-order valence-electron chi connectivity index (χ4n) is 4.58. The van der Waals surface area contributed by atoms with Crippen molar-refractivity contribution in [1.82, 2.24) is 29.2 Å². The van der Waals surface area contributed by atoms with Gasteiger partial charge in [0.05, 0.1) is 12.5 Å². The Kier molecular flexibility index (Phi) is 6.83. The summed E-state index contributed by atoms with van der Waals surface area (Å²) in [7, 11) is -1.06. The minimum atomic E-state index is -4.67. The SMILES string of the molecule is COc1nsc(NC(=O)N2C[C@H]3CC(N(C)c4ncnc5[nH]ccc45)C[C@H]3C2)n1.O=S(=O)(O)O. The van der Waals surface area contributed by atoms with E-state index >= 15 is 0 Å². The Bertz CT molecular complexity index is 1240. The van der Waals surface area contributed by atoms with E-state index in [1.54, 1.807) is 6.33 Å². The standard InChI is InChI=1S/C18H22N8O2S.H2O4S/c1-25(15-13-3-4-19-14(13)20-9-21-15)12-5-10-7-26(8-11(10)6-12)18(27)23-17-22-16(28-2)24-29-17;1-5(2,3)4/h3-4,9-12H,5-8H2,1-2H3,(H,19,20,21)(H,22,23,24,27);(H2,1,2,3,4)/t10-,11+,12?;. The van der Waals surface area contributed by atoms with E-state index in [4.69, 9.17) is 22.3 Å². The number of rotatable bonds is 4. The van der Waals surface area contributed by atoms with Crippen molar-refractivity contribution in [3.8, 4) is 6.01 Å². The fraction of sp³-hybridized carbons (Fsp3) is 0.500. The van der Waals surface area contributed by atoms with Crippen molar-refractivity contribution in [2.45, 2.75) is 18.9 Å². The van der Waals surface area contributed by atoms with Crippen LogP contribution in [0.5, 0.6) is 6.01 Å². The highest BCUT2D eigenvalue weighted by Crippen LogP contribution is 2.41. The second-order valence-corrected chi connectivity index (χ2v) is 9.71. The maximum atomic E-state index is 12.6. The average molecular weight is 513 g/mol. The Morgan fingerprint density at radius 2 is 1.97 bits per heavy atom. The van der Waals surface area contributed by atoms with Crippen molar-refractivity contribution in [2.75, 3.05) is 37.5 Å². The van der Waals surface area contributed by atoms with Gasteiger partial charge in [0.15, 0.2) is 0 Å². The molecule has 2 fully saturated rings. The van der Waals surface area contributed by atoms with Crippen LogP contribution in [0.2, 0.25) is 0 Å². The molecule has 3 atom stereocenters. The van der Waals surface area contributed by atoms with Gasteiger partial charge in [0.1, 0.15) is 17.8 Å². The summed E-state index contributed by atoms with van der Waals surface area (Å²) in [5.41, 5.74) is 0.858. The molecule has 4 N–H and O–H groups in total. The van der Waals surface area contributed by atoms with Gasteiger partial charge in [-0.1, -0.05) is 0 Å². The van der Waals surface area contributed by atoms with Crippen LogP contribution in [0.4, 0.5) is 15.7 Å². The maximum Gasteiger partial charge on any atom is 0.394 e. The molecular formula is C18H24N8O6S2. The van der Waals surface area contributed by atoms with E-state index in [0.717, 1.165) is 54.3 Å². The van der Waals surface area contributed by atoms with E-state index in [1.165, 1.54) is 7.11 Å². The molecule has 34 heavy (non-hydrogen) atoms. The predicted molar refractivity (Wildman–Crippen MR) is 124 cm³/mol. The molecule has 4 heterocycles. The Morgan fingerprint density at radius 1 is 1.29 bits per heavy atom. The van der Waals surface area contributed by atoms with Crippen molar-refractivity contribution in [1.29, 1.82) is 0 Å². The highest BCUT2D eigenvalue weighted by atomic mass is 32.3. The van der Waals surface area contributed by atoms with Gasteiger partial charge in [-0.15, -0.1) is 4.37 Å². The molecule has 1 unspecified atom stereocenters. The van der Waals surface area contributed by atoms with Gasteiger partial charge in [0, 0.05) is 43.9 Å². The molecular weight excluding hydrogens is 488 g/mol. The largest absolute Gasteiger partial charge is 0.466 e. The van der Waals surface area contributed by atoms with Crippen LogP contribution in [-0.2, 0) is 10.4 Å². The highest BCUT2D eigenvalue weighted by Gasteiger charge is 2.44. The lowest BCUT2D eigenvalue weighted by Gasteiger charge is -2.27. The lowest BCUT2D eigenvalue weighted by molar-refractivity contribution is 0.218. The number of amides is 2. The summed E-state index contributed by atoms with van der Waals surface area (Å²) in [5, 5.41) is 4.33. The molecule has 1 saturated carbocycles. The minimum Gasteiger partial charge on any atom is -0.466 e. The molecule has 3 aromatic rings. The third-order valence-electron chi connectivity index (χ3n) is 6.03. The Hall–Kier alpha value is -3.08. The van der Waals surface area contributed by atoms with Crippen LogP contribution in [-0.4, -0.2) is 86.1 Å². The van der Waals surface area contributed by atoms with Gasteiger partial charge >= 0.3 is 22.4 Å². The van der Waals surface area contributed by atoms with Crippen molar-refractivity contribution < 1.29 is 27.1 Å². The summed E-state index contributed by atoms with van der Waals surface area (Å²) in [4.78, 5) is 32.8. The molecule has 14 nitrogen and oxygen atoms in total. The number of fused-ring (bicyclic) bond motifs is 2. The van der Waals surface area contributed by atoms with Crippen molar-refractivity contribution in [2.24, 2.45) is 11.8 Å². The number of hydrogen-bond donors (Lipinski definition) is 4. The zero-order valence-electron chi connectivity index (χ0n) is 18.3. The second kappa shape index (κ2) is 9.65. The Labute approximate surface area is 199 Å². The number of urea groups is 1. The van der Waals surface area contributed by atoms with Crippen LogP contribution in [0, 0.1) is 11.8 Å². The fourth-order valence-corrected chi connectivity index (χ4v) is 5.11. The average Bonchev–Trinajstić information content (AvgIpc) is 3.53. The smallest absolute Gasteiger partial charge is 0.394 e. The van der Waals surface area contributed by atoms with Gasteiger partial charge in [-0.05, 0) is 30.7 Å². The molecule has 1 saturated heterocycles. The van der Waals surface area contributed by atoms with Gasteiger partial charge in [0.2, 0.25) is 5.13 Å². The Morgan fingerprint density at radius 3 is 2.59 bits per heavy atom. The first-order chi connectivity index (χ1) is 16.1. The first kappa shape index (κ1) is 24.1. The van der Waals surface area contributed by atoms with Crippen LogP contribution in [0.15, 0.2) is 18.6 Å².